The molecule has 0 amide bonds. The fraction of sp³-hybridized carbons (Fsp3) is 0.286. The number of thiophene rings is 1. The lowest BCUT2D eigenvalue weighted by atomic mass is 10.1. The zero-order valence-corrected chi connectivity index (χ0v) is 12.7. The molecule has 2 rings (SSSR count). The van der Waals surface area contributed by atoms with Crippen molar-refractivity contribution in [3.05, 3.63) is 56.7 Å². The number of rotatable bonds is 5. The van der Waals surface area contributed by atoms with Crippen LogP contribution in [0.5, 0.6) is 0 Å². The van der Waals surface area contributed by atoms with Crippen LogP contribution in [0.4, 0.5) is 0 Å². The molecule has 4 heteroatoms. The summed E-state index contributed by atoms with van der Waals surface area (Å²) in [6.07, 6.45) is 0. The SMILES string of the molecule is CC(NC(CN)c1cc(Br)cs1)c1ccccc1. The van der Waals surface area contributed by atoms with Gasteiger partial charge >= 0.3 is 0 Å². The molecule has 0 aliphatic heterocycles. The van der Waals surface area contributed by atoms with Crippen molar-refractivity contribution >= 4 is 27.3 Å². The van der Waals surface area contributed by atoms with E-state index in [0.717, 1.165) is 4.47 Å². The Balaban J connectivity index is 2.07. The molecule has 0 saturated heterocycles. The molecule has 0 radical (unpaired) electrons. The van der Waals surface area contributed by atoms with Crippen LogP contribution in [0.25, 0.3) is 0 Å². The van der Waals surface area contributed by atoms with E-state index in [0.29, 0.717) is 12.6 Å². The van der Waals surface area contributed by atoms with E-state index in [1.807, 2.05) is 6.07 Å². The second-order valence-electron chi connectivity index (χ2n) is 4.25. The van der Waals surface area contributed by atoms with Crippen LogP contribution in [-0.2, 0) is 0 Å². The predicted molar refractivity (Wildman–Crippen MR) is 81.8 cm³/mol. The van der Waals surface area contributed by atoms with E-state index in [1.54, 1.807) is 11.3 Å². The molecule has 0 spiro atoms. The lowest BCUT2D eigenvalue weighted by Gasteiger charge is -2.21. The molecule has 0 aliphatic carbocycles. The second-order valence-corrected chi connectivity index (χ2v) is 6.11. The Bertz CT molecular complexity index is 484. The fourth-order valence-corrected chi connectivity index (χ4v) is 3.44. The highest BCUT2D eigenvalue weighted by atomic mass is 79.9. The monoisotopic (exact) mass is 324 g/mol. The van der Waals surface area contributed by atoms with Crippen LogP contribution in [0.3, 0.4) is 0 Å². The van der Waals surface area contributed by atoms with Crippen molar-refractivity contribution in [2.45, 2.75) is 19.0 Å². The molecule has 2 atom stereocenters. The zero-order chi connectivity index (χ0) is 13.0. The summed E-state index contributed by atoms with van der Waals surface area (Å²) in [5.74, 6) is 0. The van der Waals surface area contributed by atoms with Crippen LogP contribution in [0.2, 0.25) is 0 Å². The van der Waals surface area contributed by atoms with E-state index in [9.17, 15) is 0 Å². The van der Waals surface area contributed by atoms with Crippen LogP contribution in [-0.4, -0.2) is 6.54 Å². The molecular formula is C14H17BrN2S. The highest BCUT2D eigenvalue weighted by Gasteiger charge is 2.15. The van der Waals surface area contributed by atoms with Gasteiger partial charge in [-0.1, -0.05) is 30.3 Å². The van der Waals surface area contributed by atoms with Crippen molar-refractivity contribution < 1.29 is 0 Å². The van der Waals surface area contributed by atoms with Gasteiger partial charge in [-0.15, -0.1) is 11.3 Å². The Hall–Kier alpha value is -0.680. The van der Waals surface area contributed by atoms with Gasteiger partial charge in [-0.2, -0.15) is 0 Å². The molecule has 2 unspecified atom stereocenters. The maximum atomic E-state index is 5.87. The van der Waals surface area contributed by atoms with Crippen molar-refractivity contribution in [3.8, 4) is 0 Å². The zero-order valence-electron chi connectivity index (χ0n) is 10.3. The summed E-state index contributed by atoms with van der Waals surface area (Å²) in [6, 6.07) is 13.1. The van der Waals surface area contributed by atoms with E-state index >= 15 is 0 Å². The standard InChI is InChI=1S/C14H17BrN2S/c1-10(11-5-3-2-4-6-11)17-13(8-16)14-7-12(15)9-18-14/h2-7,9-10,13,17H,8,16H2,1H3. The number of halogens is 1. The molecule has 0 aliphatic rings. The molecule has 2 nitrogen and oxygen atoms in total. The Kier molecular flexibility index (Phi) is 4.95. The normalized spacial score (nSPS) is 14.4. The van der Waals surface area contributed by atoms with Crippen LogP contribution in [0.1, 0.15) is 29.4 Å². The van der Waals surface area contributed by atoms with Crippen molar-refractivity contribution in [1.29, 1.82) is 0 Å². The summed E-state index contributed by atoms with van der Waals surface area (Å²) in [7, 11) is 0. The topological polar surface area (TPSA) is 38.0 Å². The second kappa shape index (κ2) is 6.48. The average Bonchev–Trinajstić information content (AvgIpc) is 2.83. The molecule has 1 aromatic heterocycles. The Morgan fingerprint density at radius 2 is 2.06 bits per heavy atom. The Morgan fingerprint density at radius 3 is 2.61 bits per heavy atom. The summed E-state index contributed by atoms with van der Waals surface area (Å²) < 4.78 is 1.12. The first-order chi connectivity index (χ1) is 8.70. The molecule has 1 aromatic carbocycles. The van der Waals surface area contributed by atoms with E-state index < -0.39 is 0 Å². The quantitative estimate of drug-likeness (QED) is 0.876. The van der Waals surface area contributed by atoms with Gasteiger partial charge in [0.05, 0.1) is 6.04 Å². The minimum Gasteiger partial charge on any atom is -0.329 e. The average molecular weight is 325 g/mol. The highest BCUT2D eigenvalue weighted by molar-refractivity contribution is 9.10. The van der Waals surface area contributed by atoms with Crippen molar-refractivity contribution in [3.63, 3.8) is 0 Å². The smallest absolute Gasteiger partial charge is 0.0544 e. The summed E-state index contributed by atoms with van der Waals surface area (Å²) in [4.78, 5) is 1.27. The summed E-state index contributed by atoms with van der Waals surface area (Å²) in [5, 5.41) is 5.67. The van der Waals surface area contributed by atoms with Crippen molar-refractivity contribution in [1.82, 2.24) is 5.32 Å². The Labute approximate surface area is 120 Å². The van der Waals surface area contributed by atoms with Crippen molar-refractivity contribution in [2.24, 2.45) is 5.73 Å². The van der Waals surface area contributed by atoms with Gasteiger partial charge in [0, 0.05) is 27.3 Å². The maximum absolute atomic E-state index is 5.87. The minimum atomic E-state index is 0.205. The van der Waals surface area contributed by atoms with Gasteiger partial charge in [0.25, 0.3) is 0 Å². The fourth-order valence-electron chi connectivity index (χ4n) is 1.92. The van der Waals surface area contributed by atoms with E-state index in [2.05, 4.69) is 63.9 Å². The molecule has 0 fully saturated rings. The highest BCUT2D eigenvalue weighted by Crippen LogP contribution is 2.27. The minimum absolute atomic E-state index is 0.205. The van der Waals surface area contributed by atoms with Gasteiger partial charge in [0.2, 0.25) is 0 Å². The number of benzene rings is 1. The molecule has 1 heterocycles. The first kappa shape index (κ1) is 13.7. The number of hydrogen-bond acceptors (Lipinski definition) is 3. The van der Waals surface area contributed by atoms with Crippen LogP contribution >= 0.6 is 27.3 Å². The third kappa shape index (κ3) is 3.42. The number of hydrogen-bond donors (Lipinski definition) is 2. The van der Waals surface area contributed by atoms with E-state index in [4.69, 9.17) is 5.73 Å². The van der Waals surface area contributed by atoms with Gasteiger partial charge in [0.15, 0.2) is 0 Å². The van der Waals surface area contributed by atoms with Gasteiger partial charge in [-0.25, -0.2) is 0 Å². The molecule has 3 N–H and O–H groups in total. The van der Waals surface area contributed by atoms with Gasteiger partial charge < -0.3 is 11.1 Å². The molecule has 0 saturated carbocycles. The summed E-state index contributed by atoms with van der Waals surface area (Å²) >= 11 is 5.21. The first-order valence-electron chi connectivity index (χ1n) is 5.95. The number of nitrogens with one attached hydrogen (secondary N) is 1. The van der Waals surface area contributed by atoms with Crippen molar-refractivity contribution in [2.75, 3.05) is 6.54 Å². The number of nitrogens with two attached hydrogens (primary N) is 1. The van der Waals surface area contributed by atoms with E-state index in [1.165, 1.54) is 10.4 Å². The van der Waals surface area contributed by atoms with Gasteiger partial charge in [0.1, 0.15) is 0 Å². The summed E-state index contributed by atoms with van der Waals surface area (Å²) in [6.45, 7) is 2.77. The molecule has 0 bridgehead atoms. The Morgan fingerprint density at radius 1 is 1.33 bits per heavy atom. The van der Waals surface area contributed by atoms with Crippen LogP contribution in [0.15, 0.2) is 46.3 Å². The molecule has 18 heavy (non-hydrogen) atoms. The molecule has 96 valence electrons. The first-order valence-corrected chi connectivity index (χ1v) is 7.63. The predicted octanol–water partition coefficient (Wildman–Crippen LogP) is 3.86. The lowest BCUT2D eigenvalue weighted by Crippen LogP contribution is -2.29. The lowest BCUT2D eigenvalue weighted by molar-refractivity contribution is 0.478. The molecular weight excluding hydrogens is 308 g/mol. The van der Waals surface area contributed by atoms with Crippen LogP contribution < -0.4 is 11.1 Å². The largest absolute Gasteiger partial charge is 0.329 e. The summed E-state index contributed by atoms with van der Waals surface area (Å²) in [5.41, 5.74) is 7.15. The third-order valence-corrected chi connectivity index (χ3v) is 4.72. The van der Waals surface area contributed by atoms with Gasteiger partial charge in [-0.3, -0.25) is 0 Å². The van der Waals surface area contributed by atoms with Gasteiger partial charge in [-0.05, 0) is 34.5 Å². The third-order valence-electron chi connectivity index (χ3n) is 2.92. The van der Waals surface area contributed by atoms with Crippen LogP contribution in [0, 0.1) is 0 Å². The maximum Gasteiger partial charge on any atom is 0.0544 e. The molecule has 2 aromatic rings. The van der Waals surface area contributed by atoms with E-state index in [-0.39, 0.29) is 6.04 Å².